The van der Waals surface area contributed by atoms with E-state index in [1.165, 1.54) is 21.2 Å². The van der Waals surface area contributed by atoms with Crippen LogP contribution in [0.4, 0.5) is 5.13 Å². The van der Waals surface area contributed by atoms with Crippen LogP contribution >= 0.6 is 22.7 Å². The maximum atomic E-state index is 13.8. The van der Waals surface area contributed by atoms with Crippen LogP contribution in [0.3, 0.4) is 0 Å². The third-order valence-corrected chi connectivity index (χ3v) is 11.1. The number of benzene rings is 1. The number of piperidine rings is 1. The van der Waals surface area contributed by atoms with E-state index in [1.807, 2.05) is 11.0 Å². The first-order chi connectivity index (χ1) is 16.9. The third kappa shape index (κ3) is 5.77. The Kier molecular flexibility index (Phi) is 8.59. The fourth-order valence-electron chi connectivity index (χ4n) is 4.47. The van der Waals surface area contributed by atoms with E-state index >= 15 is 0 Å². The highest BCUT2D eigenvalue weighted by molar-refractivity contribution is 7.91. The largest absolute Gasteiger partial charge is 0.302 e. The van der Waals surface area contributed by atoms with Crippen molar-refractivity contribution in [2.45, 2.75) is 44.2 Å². The van der Waals surface area contributed by atoms with Crippen molar-refractivity contribution < 1.29 is 13.2 Å². The lowest BCUT2D eigenvalue weighted by atomic mass is 9.96. The fraction of sp³-hybridized carbons (Fsp3) is 0.520. The Labute approximate surface area is 216 Å². The van der Waals surface area contributed by atoms with Gasteiger partial charge in [-0.25, -0.2) is 13.4 Å². The standard InChI is InChI=1S/C25H34N4O3S3/c1-4-19-9-10-21-22(18-19)34-25(26-21)29(16-15-27(5-2)6-3)24(30)20-11-13-28(14-12-20)35(31,32)23-8-7-17-33-23/h7-10,17-18,20H,4-6,11-16H2,1-3H3. The van der Waals surface area contributed by atoms with Gasteiger partial charge in [-0.15, -0.1) is 11.3 Å². The average molecular weight is 535 g/mol. The predicted molar refractivity (Wildman–Crippen MR) is 145 cm³/mol. The van der Waals surface area contributed by atoms with Crippen molar-refractivity contribution in [1.29, 1.82) is 0 Å². The second kappa shape index (κ2) is 11.5. The first-order valence-electron chi connectivity index (χ1n) is 12.3. The van der Waals surface area contributed by atoms with Gasteiger partial charge >= 0.3 is 0 Å². The van der Waals surface area contributed by atoms with Crippen molar-refractivity contribution in [1.82, 2.24) is 14.2 Å². The number of fused-ring (bicyclic) bond motifs is 1. The molecular formula is C25H34N4O3S3. The molecule has 3 aromatic rings. The molecule has 1 amide bonds. The highest BCUT2D eigenvalue weighted by Gasteiger charge is 2.35. The van der Waals surface area contributed by atoms with E-state index in [2.05, 4.69) is 37.8 Å². The molecule has 1 aliphatic heterocycles. The highest BCUT2D eigenvalue weighted by Crippen LogP contribution is 2.33. The molecule has 2 aromatic heterocycles. The van der Waals surface area contributed by atoms with Gasteiger partial charge < -0.3 is 4.90 Å². The number of likely N-dealkylation sites (N-methyl/N-ethyl adjacent to an activating group) is 1. The van der Waals surface area contributed by atoms with Crippen molar-refractivity contribution in [2.24, 2.45) is 5.92 Å². The Morgan fingerprint density at radius 2 is 1.86 bits per heavy atom. The SMILES string of the molecule is CCc1ccc2nc(N(CCN(CC)CC)C(=O)C3CCN(S(=O)(=O)c4cccs4)CC3)sc2c1. The van der Waals surface area contributed by atoms with E-state index in [9.17, 15) is 13.2 Å². The molecule has 0 atom stereocenters. The summed E-state index contributed by atoms with van der Waals surface area (Å²) < 4.78 is 28.8. The maximum Gasteiger partial charge on any atom is 0.252 e. The van der Waals surface area contributed by atoms with E-state index in [1.54, 1.807) is 28.8 Å². The first kappa shape index (κ1) is 26.2. The number of hydrogen-bond donors (Lipinski definition) is 0. The topological polar surface area (TPSA) is 73.8 Å². The zero-order chi connectivity index (χ0) is 25.0. The molecule has 0 unspecified atom stereocenters. The Bertz CT molecular complexity index is 1230. The summed E-state index contributed by atoms with van der Waals surface area (Å²) in [5.41, 5.74) is 2.17. The van der Waals surface area contributed by atoms with Crippen LogP contribution in [-0.4, -0.2) is 67.8 Å². The zero-order valence-corrected chi connectivity index (χ0v) is 23.1. The summed E-state index contributed by atoms with van der Waals surface area (Å²) in [5.74, 6) is -0.153. The Morgan fingerprint density at radius 3 is 2.49 bits per heavy atom. The first-order valence-corrected chi connectivity index (χ1v) is 15.5. The van der Waals surface area contributed by atoms with Gasteiger partial charge in [0.05, 0.1) is 10.2 Å². The summed E-state index contributed by atoms with van der Waals surface area (Å²) in [6, 6.07) is 9.69. The number of sulfonamides is 1. The molecule has 0 aliphatic carbocycles. The molecule has 0 N–H and O–H groups in total. The van der Waals surface area contributed by atoms with E-state index in [-0.39, 0.29) is 11.8 Å². The quantitative estimate of drug-likeness (QED) is 0.377. The summed E-state index contributed by atoms with van der Waals surface area (Å²) in [6.07, 6.45) is 2.01. The molecule has 1 saturated heterocycles. The molecule has 0 bridgehead atoms. The number of carbonyl (C=O) groups is 1. The number of aryl methyl sites for hydroxylation is 1. The van der Waals surface area contributed by atoms with Gasteiger partial charge in [0.25, 0.3) is 10.0 Å². The summed E-state index contributed by atoms with van der Waals surface area (Å²) in [5, 5.41) is 2.51. The lowest BCUT2D eigenvalue weighted by molar-refractivity contribution is -0.123. The van der Waals surface area contributed by atoms with Crippen LogP contribution < -0.4 is 4.90 Å². The second-order valence-corrected chi connectivity index (χ2v) is 12.9. The molecule has 10 heteroatoms. The minimum absolute atomic E-state index is 0.0556. The number of amides is 1. The van der Waals surface area contributed by atoms with Crippen LogP contribution in [0, 0.1) is 5.92 Å². The lowest BCUT2D eigenvalue weighted by Crippen LogP contribution is -2.46. The molecule has 35 heavy (non-hydrogen) atoms. The van der Waals surface area contributed by atoms with Gasteiger partial charge in [0.1, 0.15) is 4.21 Å². The molecule has 0 spiro atoms. The number of anilines is 1. The lowest BCUT2D eigenvalue weighted by Gasteiger charge is -2.33. The van der Waals surface area contributed by atoms with Gasteiger partial charge in [-0.2, -0.15) is 4.31 Å². The average Bonchev–Trinajstić information content (AvgIpc) is 3.57. The fourth-order valence-corrected chi connectivity index (χ4v) is 8.15. The highest BCUT2D eigenvalue weighted by atomic mass is 32.2. The van der Waals surface area contributed by atoms with Crippen LogP contribution in [0.15, 0.2) is 39.9 Å². The Morgan fingerprint density at radius 1 is 1.11 bits per heavy atom. The van der Waals surface area contributed by atoms with Gasteiger partial charge in [0, 0.05) is 32.1 Å². The van der Waals surface area contributed by atoms with Gasteiger partial charge in [0.2, 0.25) is 5.91 Å². The molecular weight excluding hydrogens is 501 g/mol. The van der Waals surface area contributed by atoms with Crippen LogP contribution in [0.5, 0.6) is 0 Å². The summed E-state index contributed by atoms with van der Waals surface area (Å²) >= 11 is 2.80. The summed E-state index contributed by atoms with van der Waals surface area (Å²) in [6.45, 7) is 10.3. The molecule has 190 valence electrons. The second-order valence-electron chi connectivity index (χ2n) is 8.78. The molecule has 0 saturated carbocycles. The molecule has 1 fully saturated rings. The van der Waals surface area contributed by atoms with Crippen molar-refractivity contribution in [3.8, 4) is 0 Å². The Hall–Kier alpha value is -1.85. The monoisotopic (exact) mass is 534 g/mol. The van der Waals surface area contributed by atoms with Crippen LogP contribution in [0.25, 0.3) is 10.2 Å². The number of hydrogen-bond acceptors (Lipinski definition) is 7. The molecule has 1 aromatic carbocycles. The molecule has 4 rings (SSSR count). The summed E-state index contributed by atoms with van der Waals surface area (Å²) in [4.78, 5) is 22.8. The molecule has 7 nitrogen and oxygen atoms in total. The number of carbonyl (C=O) groups excluding carboxylic acids is 1. The van der Waals surface area contributed by atoms with E-state index < -0.39 is 10.0 Å². The minimum atomic E-state index is -3.48. The van der Waals surface area contributed by atoms with Gasteiger partial charge in [-0.1, -0.05) is 44.2 Å². The van der Waals surface area contributed by atoms with Crippen molar-refractivity contribution in [3.63, 3.8) is 0 Å². The number of thiophene rings is 1. The van der Waals surface area contributed by atoms with Gasteiger partial charge in [-0.3, -0.25) is 9.69 Å². The maximum absolute atomic E-state index is 13.8. The van der Waals surface area contributed by atoms with Gasteiger partial charge in [0.15, 0.2) is 5.13 Å². The van der Waals surface area contributed by atoms with Crippen LogP contribution in [0.2, 0.25) is 0 Å². The number of thiazole rings is 1. The predicted octanol–water partition coefficient (Wildman–Crippen LogP) is 4.70. The number of rotatable bonds is 10. The van der Waals surface area contributed by atoms with Crippen molar-refractivity contribution in [3.05, 3.63) is 41.3 Å². The van der Waals surface area contributed by atoms with Crippen LogP contribution in [0.1, 0.15) is 39.2 Å². The molecule has 1 aliphatic rings. The van der Waals surface area contributed by atoms with E-state index in [4.69, 9.17) is 4.98 Å². The zero-order valence-electron chi connectivity index (χ0n) is 20.6. The molecule has 0 radical (unpaired) electrons. The normalized spacial score (nSPS) is 15.8. The number of aromatic nitrogens is 1. The smallest absolute Gasteiger partial charge is 0.252 e. The third-order valence-electron chi connectivity index (χ3n) is 6.77. The van der Waals surface area contributed by atoms with Crippen molar-refractivity contribution in [2.75, 3.05) is 44.2 Å². The minimum Gasteiger partial charge on any atom is -0.302 e. The van der Waals surface area contributed by atoms with Gasteiger partial charge in [-0.05, 0) is 61.5 Å². The molecule has 3 heterocycles. The summed E-state index contributed by atoms with van der Waals surface area (Å²) in [7, 11) is -3.48. The number of nitrogens with zero attached hydrogens (tertiary/aromatic N) is 4. The van der Waals surface area contributed by atoms with E-state index in [0.717, 1.165) is 41.4 Å². The van der Waals surface area contributed by atoms with E-state index in [0.29, 0.717) is 36.7 Å². The Balaban J connectivity index is 1.53. The van der Waals surface area contributed by atoms with Crippen LogP contribution in [-0.2, 0) is 21.2 Å². The van der Waals surface area contributed by atoms with Crippen molar-refractivity contribution >= 4 is 54.0 Å².